The van der Waals surface area contributed by atoms with Crippen LogP contribution in [0.3, 0.4) is 0 Å². The lowest BCUT2D eigenvalue weighted by molar-refractivity contribution is -0.159. The third-order valence-corrected chi connectivity index (χ3v) is 5.66. The van der Waals surface area contributed by atoms with Crippen LogP contribution < -0.4 is 0 Å². The van der Waals surface area contributed by atoms with Gasteiger partial charge < -0.3 is 14.4 Å². The Morgan fingerprint density at radius 2 is 2.08 bits per heavy atom. The molecule has 0 bridgehead atoms. The smallest absolute Gasteiger partial charge is 0.310 e. The van der Waals surface area contributed by atoms with Crippen LogP contribution in [0.4, 0.5) is 0 Å². The first kappa shape index (κ1) is 16.8. The lowest BCUT2D eigenvalue weighted by atomic mass is 9.66. The van der Waals surface area contributed by atoms with E-state index in [1.807, 2.05) is 25.1 Å². The van der Waals surface area contributed by atoms with Gasteiger partial charge in [-0.2, -0.15) is 0 Å². The van der Waals surface area contributed by atoms with E-state index in [1.165, 1.54) is 4.88 Å². The van der Waals surface area contributed by atoms with E-state index in [2.05, 4.69) is 0 Å². The maximum absolute atomic E-state index is 12.8. The summed E-state index contributed by atoms with van der Waals surface area (Å²) in [7, 11) is 0. The van der Waals surface area contributed by atoms with Crippen molar-refractivity contribution in [1.29, 1.82) is 0 Å². The molecule has 1 fully saturated rings. The fourth-order valence-corrected chi connectivity index (χ4v) is 3.96. The number of carbonyl (C=O) groups is 2. The van der Waals surface area contributed by atoms with E-state index in [9.17, 15) is 14.7 Å². The summed E-state index contributed by atoms with van der Waals surface area (Å²) in [4.78, 5) is 28.4. The monoisotopic (exact) mass is 347 g/mol. The van der Waals surface area contributed by atoms with Crippen molar-refractivity contribution in [3.8, 4) is 0 Å². The minimum absolute atomic E-state index is 0.0629. The van der Waals surface area contributed by atoms with Gasteiger partial charge in [-0.15, -0.1) is 11.3 Å². The molecule has 2 aromatic rings. The first-order valence-corrected chi connectivity index (χ1v) is 8.89. The Bertz CT molecular complexity index is 715. The molecule has 1 aliphatic carbocycles. The molecular formula is C18H21NO4S. The largest absolute Gasteiger partial charge is 0.481 e. The number of carbonyl (C=O) groups excluding carboxylic acids is 1. The lowest BCUT2D eigenvalue weighted by Gasteiger charge is -2.38. The van der Waals surface area contributed by atoms with Crippen molar-refractivity contribution < 1.29 is 19.1 Å². The maximum Gasteiger partial charge on any atom is 0.310 e. The minimum Gasteiger partial charge on any atom is -0.481 e. The molecular weight excluding hydrogens is 326 g/mol. The normalized spacial score (nSPS) is 15.7. The molecule has 0 spiro atoms. The Balaban J connectivity index is 1.75. The zero-order valence-corrected chi connectivity index (χ0v) is 14.5. The van der Waals surface area contributed by atoms with Gasteiger partial charge in [-0.25, -0.2) is 0 Å². The third kappa shape index (κ3) is 3.53. The molecule has 0 radical (unpaired) electrons. The molecule has 128 valence electrons. The highest BCUT2D eigenvalue weighted by atomic mass is 32.1. The Hall–Kier alpha value is -2.08. The number of thiophene rings is 1. The van der Waals surface area contributed by atoms with Crippen LogP contribution in [-0.4, -0.2) is 21.9 Å². The van der Waals surface area contributed by atoms with E-state index in [0.29, 0.717) is 31.7 Å². The molecule has 3 rings (SSSR count). The molecule has 2 heterocycles. The van der Waals surface area contributed by atoms with Gasteiger partial charge in [0.05, 0.1) is 24.8 Å². The minimum atomic E-state index is -0.871. The molecule has 1 saturated carbocycles. The number of hydrogen-bond donors (Lipinski definition) is 1. The van der Waals surface area contributed by atoms with E-state index in [-0.39, 0.29) is 12.3 Å². The average Bonchev–Trinajstić information content (AvgIpc) is 3.13. The van der Waals surface area contributed by atoms with E-state index < -0.39 is 11.4 Å². The highest BCUT2D eigenvalue weighted by Gasteiger charge is 2.46. The molecule has 24 heavy (non-hydrogen) atoms. The number of aryl methyl sites for hydroxylation is 1. The summed E-state index contributed by atoms with van der Waals surface area (Å²) in [6.07, 6.45) is 3.69. The van der Waals surface area contributed by atoms with Crippen molar-refractivity contribution in [2.24, 2.45) is 5.41 Å². The number of nitrogens with zero attached hydrogens (tertiary/aromatic N) is 1. The van der Waals surface area contributed by atoms with Crippen LogP contribution >= 0.6 is 11.3 Å². The fraction of sp³-hybridized carbons (Fsp3) is 0.444. The number of carboxylic acid groups (broad SMARTS) is 1. The van der Waals surface area contributed by atoms with Gasteiger partial charge in [0.2, 0.25) is 5.91 Å². The van der Waals surface area contributed by atoms with E-state index >= 15 is 0 Å². The highest BCUT2D eigenvalue weighted by molar-refractivity contribution is 7.11. The highest BCUT2D eigenvalue weighted by Crippen LogP contribution is 2.44. The summed E-state index contributed by atoms with van der Waals surface area (Å²) in [6, 6.07) is 7.66. The Morgan fingerprint density at radius 1 is 1.29 bits per heavy atom. The van der Waals surface area contributed by atoms with Crippen molar-refractivity contribution in [3.63, 3.8) is 0 Å². The molecule has 1 aliphatic rings. The van der Waals surface area contributed by atoms with Gasteiger partial charge in [0.15, 0.2) is 0 Å². The summed E-state index contributed by atoms with van der Waals surface area (Å²) >= 11 is 1.65. The first-order chi connectivity index (χ1) is 11.5. The zero-order chi connectivity index (χ0) is 17.2. The number of carboxylic acids is 1. The third-order valence-electron chi connectivity index (χ3n) is 4.68. The second kappa shape index (κ2) is 6.81. The molecule has 5 nitrogen and oxygen atoms in total. The van der Waals surface area contributed by atoms with E-state index in [0.717, 1.165) is 11.3 Å². The van der Waals surface area contributed by atoms with Crippen LogP contribution in [0, 0.1) is 12.3 Å². The Kier molecular flexibility index (Phi) is 4.76. The van der Waals surface area contributed by atoms with E-state index in [4.69, 9.17) is 4.42 Å². The second-order valence-corrected chi connectivity index (χ2v) is 7.83. The van der Waals surface area contributed by atoms with Crippen molar-refractivity contribution in [2.75, 3.05) is 0 Å². The second-order valence-electron chi connectivity index (χ2n) is 6.46. The van der Waals surface area contributed by atoms with Crippen LogP contribution in [0.2, 0.25) is 0 Å². The molecule has 0 atom stereocenters. The van der Waals surface area contributed by atoms with Gasteiger partial charge >= 0.3 is 5.97 Å². The van der Waals surface area contributed by atoms with Gasteiger partial charge in [0, 0.05) is 16.2 Å². The van der Waals surface area contributed by atoms with Crippen LogP contribution in [0.15, 0.2) is 34.9 Å². The molecule has 2 aromatic heterocycles. The molecule has 0 unspecified atom stereocenters. The topological polar surface area (TPSA) is 70.8 Å². The zero-order valence-electron chi connectivity index (χ0n) is 13.7. The Morgan fingerprint density at radius 3 is 2.58 bits per heavy atom. The number of rotatable bonds is 7. The summed E-state index contributed by atoms with van der Waals surface area (Å²) in [5.74, 6) is -0.277. The summed E-state index contributed by atoms with van der Waals surface area (Å²) < 4.78 is 5.37. The van der Waals surface area contributed by atoms with Crippen molar-refractivity contribution in [3.05, 3.63) is 46.0 Å². The van der Waals surface area contributed by atoms with Gasteiger partial charge in [0.1, 0.15) is 5.76 Å². The molecule has 0 saturated heterocycles. The van der Waals surface area contributed by atoms with Crippen LogP contribution in [0.25, 0.3) is 0 Å². The molecule has 1 N–H and O–H groups in total. The summed E-state index contributed by atoms with van der Waals surface area (Å²) in [5.41, 5.74) is -0.871. The summed E-state index contributed by atoms with van der Waals surface area (Å²) in [6.45, 7) is 2.87. The van der Waals surface area contributed by atoms with Crippen molar-refractivity contribution in [1.82, 2.24) is 4.90 Å². The Labute approximate surface area is 144 Å². The number of amides is 1. The van der Waals surface area contributed by atoms with Crippen LogP contribution in [0.5, 0.6) is 0 Å². The number of aliphatic carboxylic acids is 1. The molecule has 0 aromatic carbocycles. The van der Waals surface area contributed by atoms with E-state index in [1.54, 1.807) is 28.6 Å². The summed E-state index contributed by atoms with van der Waals surface area (Å²) in [5, 5.41) is 9.48. The SMILES string of the molecule is Cc1ccc(CN(Cc2ccco2)C(=O)CC2(C(=O)O)CCC2)s1. The molecule has 1 amide bonds. The van der Waals surface area contributed by atoms with Gasteiger partial charge in [-0.05, 0) is 44.0 Å². The molecule has 6 heteroatoms. The van der Waals surface area contributed by atoms with Crippen molar-refractivity contribution in [2.45, 2.75) is 45.7 Å². The molecule has 0 aliphatic heterocycles. The quantitative estimate of drug-likeness (QED) is 0.826. The fourth-order valence-electron chi connectivity index (χ4n) is 3.05. The number of hydrogen-bond acceptors (Lipinski definition) is 4. The standard InChI is InChI=1S/C18H21NO4S/c1-13-5-6-15(24-13)12-19(11-14-4-2-9-23-14)16(20)10-18(17(21)22)7-3-8-18/h2,4-6,9H,3,7-8,10-12H2,1H3,(H,21,22). The van der Waals surface area contributed by atoms with Crippen molar-refractivity contribution >= 4 is 23.2 Å². The van der Waals surface area contributed by atoms with Crippen LogP contribution in [-0.2, 0) is 22.7 Å². The predicted molar refractivity (Wildman–Crippen MR) is 90.6 cm³/mol. The van der Waals surface area contributed by atoms with Gasteiger partial charge in [-0.3, -0.25) is 9.59 Å². The number of furan rings is 1. The van der Waals surface area contributed by atoms with Gasteiger partial charge in [0.25, 0.3) is 0 Å². The van der Waals surface area contributed by atoms with Gasteiger partial charge in [-0.1, -0.05) is 6.42 Å². The first-order valence-electron chi connectivity index (χ1n) is 8.07. The maximum atomic E-state index is 12.8. The lowest BCUT2D eigenvalue weighted by Crippen LogP contribution is -2.43. The average molecular weight is 347 g/mol. The van der Waals surface area contributed by atoms with Crippen LogP contribution in [0.1, 0.15) is 41.2 Å². The predicted octanol–water partition coefficient (Wildman–Crippen LogP) is 3.82.